The zero-order valence-corrected chi connectivity index (χ0v) is 9.38. The van der Waals surface area contributed by atoms with Crippen LogP contribution in [-0.2, 0) is 9.53 Å². The second kappa shape index (κ2) is 5.47. The van der Waals surface area contributed by atoms with Crippen molar-refractivity contribution in [2.45, 2.75) is 45.3 Å². The van der Waals surface area contributed by atoms with Crippen LogP contribution in [0.25, 0.3) is 0 Å². The van der Waals surface area contributed by atoms with E-state index < -0.39 is 0 Å². The van der Waals surface area contributed by atoms with Gasteiger partial charge in [-0.05, 0) is 19.3 Å². The monoisotopic (exact) mass is 199 g/mol. The van der Waals surface area contributed by atoms with Gasteiger partial charge in [0.1, 0.15) is 0 Å². The molecule has 3 nitrogen and oxygen atoms in total. The van der Waals surface area contributed by atoms with Crippen LogP contribution >= 0.6 is 0 Å². The molecule has 1 N–H and O–H groups in total. The number of rotatable bonds is 5. The Morgan fingerprint density at radius 2 is 2.14 bits per heavy atom. The molecule has 0 spiro atoms. The average Bonchev–Trinajstić information content (AvgIpc) is 2.67. The predicted octanol–water partition coefficient (Wildman–Crippen LogP) is 1.37. The summed E-state index contributed by atoms with van der Waals surface area (Å²) in [6.45, 7) is 4.97. The summed E-state index contributed by atoms with van der Waals surface area (Å²) in [7, 11) is 1.70. The van der Waals surface area contributed by atoms with E-state index in [1.54, 1.807) is 7.11 Å². The molecular formula is C11H21NO2. The Labute approximate surface area is 86.2 Å². The number of methoxy groups -OCH3 is 1. The normalized spacial score (nSPS) is 27.1. The molecule has 1 aliphatic heterocycles. The number of Topliss-reactive ketones (excluding diaryl/α,β-unsaturated/α-hetero) is 1. The van der Waals surface area contributed by atoms with E-state index in [2.05, 4.69) is 19.2 Å². The predicted molar refractivity (Wildman–Crippen MR) is 56.3 cm³/mol. The standard InChI is InChI=1S/C11H21NO2/c1-4-8(5-2)11(13)10-6-9(14-3)7-12-10/h8-10,12H,4-7H2,1-3H3. The molecule has 1 heterocycles. The first-order chi connectivity index (χ1) is 6.72. The largest absolute Gasteiger partial charge is 0.380 e. The van der Waals surface area contributed by atoms with Crippen molar-refractivity contribution in [3.8, 4) is 0 Å². The number of hydrogen-bond acceptors (Lipinski definition) is 3. The van der Waals surface area contributed by atoms with E-state index in [1.807, 2.05) is 0 Å². The molecule has 0 aromatic heterocycles. The van der Waals surface area contributed by atoms with Crippen molar-refractivity contribution in [2.75, 3.05) is 13.7 Å². The number of ether oxygens (including phenoxy) is 1. The molecule has 0 radical (unpaired) electrons. The van der Waals surface area contributed by atoms with Crippen molar-refractivity contribution in [1.29, 1.82) is 0 Å². The summed E-state index contributed by atoms with van der Waals surface area (Å²) in [6, 6.07) is 0.0323. The van der Waals surface area contributed by atoms with Crippen molar-refractivity contribution in [2.24, 2.45) is 5.92 Å². The molecular weight excluding hydrogens is 178 g/mol. The zero-order chi connectivity index (χ0) is 10.6. The van der Waals surface area contributed by atoms with Gasteiger partial charge in [0.2, 0.25) is 0 Å². The SMILES string of the molecule is CCC(CC)C(=O)C1CC(OC)CN1. The van der Waals surface area contributed by atoms with Crippen LogP contribution in [0.15, 0.2) is 0 Å². The molecule has 1 saturated heterocycles. The molecule has 2 unspecified atom stereocenters. The lowest BCUT2D eigenvalue weighted by Gasteiger charge is -2.16. The molecule has 1 fully saturated rings. The third kappa shape index (κ3) is 2.55. The fraction of sp³-hybridized carbons (Fsp3) is 0.909. The fourth-order valence-electron chi connectivity index (χ4n) is 2.08. The van der Waals surface area contributed by atoms with Gasteiger partial charge in [-0.15, -0.1) is 0 Å². The zero-order valence-electron chi connectivity index (χ0n) is 9.38. The highest BCUT2D eigenvalue weighted by Crippen LogP contribution is 2.18. The Kier molecular flexibility index (Phi) is 4.55. The third-order valence-corrected chi connectivity index (χ3v) is 3.16. The van der Waals surface area contributed by atoms with Gasteiger partial charge in [-0.3, -0.25) is 4.79 Å². The summed E-state index contributed by atoms with van der Waals surface area (Å²) in [5.74, 6) is 0.595. The maximum absolute atomic E-state index is 12.0. The minimum absolute atomic E-state index is 0.0323. The average molecular weight is 199 g/mol. The van der Waals surface area contributed by atoms with Gasteiger partial charge in [0.25, 0.3) is 0 Å². The molecule has 14 heavy (non-hydrogen) atoms. The number of carbonyl (C=O) groups is 1. The van der Waals surface area contributed by atoms with Crippen LogP contribution in [0.1, 0.15) is 33.1 Å². The van der Waals surface area contributed by atoms with Crippen LogP contribution < -0.4 is 5.32 Å². The number of carbonyl (C=O) groups excluding carboxylic acids is 1. The molecule has 0 aliphatic carbocycles. The summed E-state index contributed by atoms with van der Waals surface area (Å²) >= 11 is 0. The van der Waals surface area contributed by atoms with Crippen molar-refractivity contribution < 1.29 is 9.53 Å². The molecule has 1 rings (SSSR count). The molecule has 2 atom stereocenters. The minimum atomic E-state index is 0.0323. The van der Waals surface area contributed by atoms with Crippen molar-refractivity contribution in [3.63, 3.8) is 0 Å². The third-order valence-electron chi connectivity index (χ3n) is 3.16. The quantitative estimate of drug-likeness (QED) is 0.726. The van der Waals surface area contributed by atoms with Gasteiger partial charge in [0, 0.05) is 19.6 Å². The van der Waals surface area contributed by atoms with Crippen LogP contribution in [0.2, 0.25) is 0 Å². The van der Waals surface area contributed by atoms with Gasteiger partial charge < -0.3 is 10.1 Å². The molecule has 0 aromatic carbocycles. The fourth-order valence-corrected chi connectivity index (χ4v) is 2.08. The van der Waals surface area contributed by atoms with E-state index in [1.165, 1.54) is 0 Å². The summed E-state index contributed by atoms with van der Waals surface area (Å²) in [4.78, 5) is 12.0. The van der Waals surface area contributed by atoms with Crippen molar-refractivity contribution in [3.05, 3.63) is 0 Å². The summed E-state index contributed by atoms with van der Waals surface area (Å²) in [5, 5.41) is 3.23. The van der Waals surface area contributed by atoms with E-state index in [9.17, 15) is 4.79 Å². The molecule has 1 aliphatic rings. The van der Waals surface area contributed by atoms with E-state index in [-0.39, 0.29) is 18.1 Å². The Hall–Kier alpha value is -0.410. The first-order valence-electron chi connectivity index (χ1n) is 5.52. The number of nitrogens with one attached hydrogen (secondary N) is 1. The Morgan fingerprint density at radius 3 is 2.57 bits per heavy atom. The molecule has 3 heteroatoms. The summed E-state index contributed by atoms with van der Waals surface area (Å²) in [6.07, 6.45) is 2.96. The maximum atomic E-state index is 12.0. The van der Waals surface area contributed by atoms with Gasteiger partial charge in [0.15, 0.2) is 5.78 Å². The van der Waals surface area contributed by atoms with Gasteiger partial charge in [0.05, 0.1) is 12.1 Å². The van der Waals surface area contributed by atoms with Crippen LogP contribution in [0, 0.1) is 5.92 Å². The molecule has 0 bridgehead atoms. The molecule has 0 saturated carbocycles. The highest BCUT2D eigenvalue weighted by Gasteiger charge is 2.31. The smallest absolute Gasteiger partial charge is 0.152 e. The number of ketones is 1. The molecule has 82 valence electrons. The number of hydrogen-bond donors (Lipinski definition) is 1. The Balaban J connectivity index is 2.45. The lowest BCUT2D eigenvalue weighted by Crippen LogP contribution is -2.35. The van der Waals surface area contributed by atoms with E-state index in [0.717, 1.165) is 25.8 Å². The Bertz CT molecular complexity index is 190. The first-order valence-corrected chi connectivity index (χ1v) is 5.52. The van der Waals surface area contributed by atoms with Gasteiger partial charge in [-0.25, -0.2) is 0 Å². The van der Waals surface area contributed by atoms with E-state index >= 15 is 0 Å². The van der Waals surface area contributed by atoms with E-state index in [4.69, 9.17) is 4.74 Å². The van der Waals surface area contributed by atoms with Crippen LogP contribution in [-0.4, -0.2) is 31.6 Å². The highest BCUT2D eigenvalue weighted by atomic mass is 16.5. The van der Waals surface area contributed by atoms with Crippen LogP contribution in [0.4, 0.5) is 0 Å². The second-order valence-corrected chi connectivity index (χ2v) is 3.97. The molecule has 0 aromatic rings. The topological polar surface area (TPSA) is 38.3 Å². The van der Waals surface area contributed by atoms with E-state index in [0.29, 0.717) is 5.78 Å². The van der Waals surface area contributed by atoms with Gasteiger partial charge >= 0.3 is 0 Å². The summed E-state index contributed by atoms with van der Waals surface area (Å²) < 4.78 is 5.22. The Morgan fingerprint density at radius 1 is 1.50 bits per heavy atom. The molecule has 0 amide bonds. The van der Waals surface area contributed by atoms with Crippen LogP contribution in [0.5, 0.6) is 0 Å². The maximum Gasteiger partial charge on any atom is 0.152 e. The second-order valence-electron chi connectivity index (χ2n) is 3.97. The van der Waals surface area contributed by atoms with Gasteiger partial charge in [-0.1, -0.05) is 13.8 Å². The lowest BCUT2D eigenvalue weighted by atomic mass is 9.92. The van der Waals surface area contributed by atoms with Crippen LogP contribution in [0.3, 0.4) is 0 Å². The minimum Gasteiger partial charge on any atom is -0.380 e. The van der Waals surface area contributed by atoms with Crippen molar-refractivity contribution in [1.82, 2.24) is 5.32 Å². The lowest BCUT2D eigenvalue weighted by molar-refractivity contribution is -0.124. The first kappa shape index (κ1) is 11.7. The summed E-state index contributed by atoms with van der Waals surface area (Å²) in [5.41, 5.74) is 0. The highest BCUT2D eigenvalue weighted by molar-refractivity contribution is 5.86. The van der Waals surface area contributed by atoms with Gasteiger partial charge in [-0.2, -0.15) is 0 Å². The van der Waals surface area contributed by atoms with Crippen molar-refractivity contribution >= 4 is 5.78 Å².